The van der Waals surface area contributed by atoms with Crippen LogP contribution in [0, 0.1) is 0 Å². The van der Waals surface area contributed by atoms with Crippen LogP contribution in [0.5, 0.6) is 0 Å². The fourth-order valence-electron chi connectivity index (χ4n) is 4.09. The molecule has 0 unspecified atom stereocenters. The predicted octanol–water partition coefficient (Wildman–Crippen LogP) is 3.76. The number of rotatable bonds is 12. The number of amides is 1. The number of benzene rings is 2. The van der Waals surface area contributed by atoms with E-state index < -0.39 is 35.5 Å². The van der Waals surface area contributed by atoms with Gasteiger partial charge in [-0.3, -0.25) is 9.69 Å². The Morgan fingerprint density at radius 2 is 1.80 bits per heavy atom. The summed E-state index contributed by atoms with van der Waals surface area (Å²) in [4.78, 5) is 41.0. The second kappa shape index (κ2) is 12.9. The topological polar surface area (TPSA) is 116 Å². The Balaban J connectivity index is 1.37. The van der Waals surface area contributed by atoms with Gasteiger partial charge in [-0.1, -0.05) is 24.3 Å². The third kappa shape index (κ3) is 7.17. The number of carbonyl (C=O) groups is 2. The summed E-state index contributed by atoms with van der Waals surface area (Å²) in [5, 5.41) is 0.568. The minimum atomic E-state index is -4.60. The smallest absolute Gasteiger partial charge is 0.417 e. The van der Waals surface area contributed by atoms with Crippen LogP contribution in [0.25, 0.3) is 22.0 Å². The van der Waals surface area contributed by atoms with E-state index in [4.69, 9.17) is 23.7 Å². The molecule has 1 saturated heterocycles. The van der Waals surface area contributed by atoms with E-state index in [1.54, 1.807) is 13.2 Å². The second-order valence-electron chi connectivity index (χ2n) is 8.78. The maximum atomic E-state index is 13.5. The van der Waals surface area contributed by atoms with Gasteiger partial charge in [0.2, 0.25) is 0 Å². The summed E-state index contributed by atoms with van der Waals surface area (Å²) in [6, 6.07) is 11.0. The molecule has 1 N–H and O–H groups in total. The molecule has 1 aliphatic rings. The molecule has 0 saturated carbocycles. The van der Waals surface area contributed by atoms with E-state index in [2.05, 4.69) is 4.98 Å². The van der Waals surface area contributed by atoms with Gasteiger partial charge in [0.1, 0.15) is 13.2 Å². The van der Waals surface area contributed by atoms with Crippen LogP contribution in [0.1, 0.15) is 5.56 Å². The standard InChI is InChI=1S/C27H27F3N2O8/c1-36-8-9-37-10-11-38-16-24(33)39-15-19-14-32(26(35)40-19)18-7-6-17-12-23(31-25(34)21(17)13-18)20-4-2-3-5-22(20)27(28,29)30/h2-7,12-13,19H,8-11,14-16H2,1H3,(H,31,34)/t19-/m0/s1. The van der Waals surface area contributed by atoms with Crippen molar-refractivity contribution in [3.05, 3.63) is 64.4 Å². The summed E-state index contributed by atoms with van der Waals surface area (Å²) in [6.07, 6.45) is -6.04. The minimum absolute atomic E-state index is 0.0169. The van der Waals surface area contributed by atoms with Crippen molar-refractivity contribution in [3.63, 3.8) is 0 Å². The molecule has 214 valence electrons. The first-order valence-corrected chi connectivity index (χ1v) is 12.3. The lowest BCUT2D eigenvalue weighted by Gasteiger charge is -2.15. The number of hydrogen-bond acceptors (Lipinski definition) is 8. The van der Waals surface area contributed by atoms with Gasteiger partial charge in [-0.05, 0) is 29.7 Å². The lowest BCUT2D eigenvalue weighted by atomic mass is 10.0. The Kier molecular flexibility index (Phi) is 9.40. The molecule has 10 nitrogen and oxygen atoms in total. The number of nitrogens with one attached hydrogen (secondary N) is 1. The fourth-order valence-corrected chi connectivity index (χ4v) is 4.09. The number of methoxy groups -OCH3 is 1. The fraction of sp³-hybridized carbons (Fsp3) is 0.370. The number of ether oxygens (including phenoxy) is 5. The van der Waals surface area contributed by atoms with Crippen LogP contribution in [0.15, 0.2) is 53.3 Å². The average Bonchev–Trinajstić information content (AvgIpc) is 3.31. The minimum Gasteiger partial charge on any atom is -0.460 e. The monoisotopic (exact) mass is 564 g/mol. The van der Waals surface area contributed by atoms with Crippen molar-refractivity contribution in [2.24, 2.45) is 0 Å². The average molecular weight is 565 g/mol. The number of nitrogens with zero attached hydrogens (tertiary/aromatic N) is 1. The predicted molar refractivity (Wildman–Crippen MR) is 137 cm³/mol. The number of anilines is 1. The van der Waals surface area contributed by atoms with E-state index in [0.29, 0.717) is 30.9 Å². The maximum Gasteiger partial charge on any atom is 0.417 e. The van der Waals surface area contributed by atoms with Crippen LogP contribution < -0.4 is 10.5 Å². The van der Waals surface area contributed by atoms with Crippen molar-refractivity contribution in [3.8, 4) is 11.3 Å². The highest BCUT2D eigenvalue weighted by Crippen LogP contribution is 2.36. The van der Waals surface area contributed by atoms with Crippen LogP contribution in [-0.4, -0.2) is 76.4 Å². The van der Waals surface area contributed by atoms with Gasteiger partial charge in [-0.15, -0.1) is 0 Å². The van der Waals surface area contributed by atoms with Gasteiger partial charge >= 0.3 is 18.2 Å². The summed E-state index contributed by atoms with van der Waals surface area (Å²) in [5.74, 6) is -0.633. The molecule has 1 aliphatic heterocycles. The number of carbonyl (C=O) groups excluding carboxylic acids is 2. The molecule has 3 aromatic rings. The summed E-state index contributed by atoms with van der Waals surface area (Å²) in [6.45, 7) is 0.935. The van der Waals surface area contributed by atoms with E-state index in [1.807, 2.05) is 0 Å². The van der Waals surface area contributed by atoms with E-state index in [1.165, 1.54) is 41.3 Å². The van der Waals surface area contributed by atoms with Gasteiger partial charge in [0, 0.05) is 29.4 Å². The van der Waals surface area contributed by atoms with Crippen molar-refractivity contribution in [1.29, 1.82) is 0 Å². The van der Waals surface area contributed by atoms with Crippen LogP contribution >= 0.6 is 0 Å². The molecule has 0 radical (unpaired) electrons. The molecule has 4 rings (SSSR count). The van der Waals surface area contributed by atoms with Gasteiger partial charge in [-0.2, -0.15) is 13.2 Å². The van der Waals surface area contributed by atoms with E-state index in [0.717, 1.165) is 6.07 Å². The number of pyridine rings is 1. The first kappa shape index (κ1) is 29.1. The first-order valence-electron chi connectivity index (χ1n) is 12.3. The zero-order valence-electron chi connectivity index (χ0n) is 21.5. The Hall–Kier alpha value is -3.94. The van der Waals surface area contributed by atoms with Gasteiger partial charge in [0.15, 0.2) is 6.10 Å². The summed E-state index contributed by atoms with van der Waals surface area (Å²) in [7, 11) is 1.56. The number of aromatic nitrogens is 1. The van der Waals surface area contributed by atoms with Crippen molar-refractivity contribution in [2.45, 2.75) is 12.3 Å². The van der Waals surface area contributed by atoms with Crippen molar-refractivity contribution >= 4 is 28.5 Å². The highest BCUT2D eigenvalue weighted by Gasteiger charge is 2.35. The largest absolute Gasteiger partial charge is 0.460 e. The molecule has 0 spiro atoms. The number of fused-ring (bicyclic) bond motifs is 1. The van der Waals surface area contributed by atoms with Crippen LogP contribution in [-0.2, 0) is 34.7 Å². The molecular weight excluding hydrogens is 537 g/mol. The molecular formula is C27H27F3N2O8. The van der Waals surface area contributed by atoms with Crippen LogP contribution in [0.4, 0.5) is 23.7 Å². The highest BCUT2D eigenvalue weighted by atomic mass is 19.4. The molecule has 13 heteroatoms. The van der Waals surface area contributed by atoms with E-state index in [-0.39, 0.29) is 43.0 Å². The molecule has 40 heavy (non-hydrogen) atoms. The van der Waals surface area contributed by atoms with Crippen molar-refractivity contribution < 1.29 is 46.4 Å². The Morgan fingerprint density at radius 1 is 1.05 bits per heavy atom. The number of esters is 1. The quantitative estimate of drug-likeness (QED) is 0.261. The third-order valence-electron chi connectivity index (χ3n) is 5.99. The number of alkyl halides is 3. The Bertz CT molecular complexity index is 1410. The molecule has 1 atom stereocenters. The lowest BCUT2D eigenvalue weighted by molar-refractivity contribution is -0.151. The first-order chi connectivity index (χ1) is 19.2. The number of cyclic esters (lactones) is 1. The molecule has 0 aliphatic carbocycles. The SMILES string of the molecule is COCCOCCOCC(=O)OC[C@@H]1CN(c2ccc3cc(-c4ccccc4C(F)(F)F)[nH]c(=O)c3c2)C(=O)O1. The third-order valence-corrected chi connectivity index (χ3v) is 5.99. The van der Waals surface area contributed by atoms with Crippen molar-refractivity contribution in [1.82, 2.24) is 4.98 Å². The molecule has 2 aromatic carbocycles. The van der Waals surface area contributed by atoms with Gasteiger partial charge in [0.25, 0.3) is 5.56 Å². The highest BCUT2D eigenvalue weighted by molar-refractivity contribution is 5.94. The van der Waals surface area contributed by atoms with Crippen LogP contribution in [0.2, 0.25) is 0 Å². The maximum absolute atomic E-state index is 13.5. The number of hydrogen-bond donors (Lipinski definition) is 1. The van der Waals surface area contributed by atoms with E-state index in [9.17, 15) is 27.6 Å². The Morgan fingerprint density at radius 3 is 2.58 bits per heavy atom. The zero-order valence-corrected chi connectivity index (χ0v) is 21.5. The molecule has 2 heterocycles. The van der Waals surface area contributed by atoms with Gasteiger partial charge in [-0.25, -0.2) is 9.59 Å². The zero-order chi connectivity index (χ0) is 28.7. The van der Waals surface area contributed by atoms with Gasteiger partial charge < -0.3 is 28.7 Å². The second-order valence-corrected chi connectivity index (χ2v) is 8.78. The van der Waals surface area contributed by atoms with Crippen LogP contribution in [0.3, 0.4) is 0 Å². The van der Waals surface area contributed by atoms with Crippen molar-refractivity contribution in [2.75, 3.05) is 58.2 Å². The number of halogens is 3. The lowest BCUT2D eigenvalue weighted by Crippen LogP contribution is -2.27. The number of H-pyrrole nitrogens is 1. The van der Waals surface area contributed by atoms with Gasteiger partial charge in [0.05, 0.1) is 38.5 Å². The number of aromatic amines is 1. The van der Waals surface area contributed by atoms with E-state index >= 15 is 0 Å². The summed E-state index contributed by atoms with van der Waals surface area (Å²) in [5.41, 5.74) is -1.28. The Labute approximate surface area is 226 Å². The molecule has 1 fully saturated rings. The molecule has 1 amide bonds. The molecule has 1 aromatic heterocycles. The normalized spacial score (nSPS) is 15.4. The summed E-state index contributed by atoms with van der Waals surface area (Å²) < 4.78 is 66.0. The molecule has 0 bridgehead atoms. The summed E-state index contributed by atoms with van der Waals surface area (Å²) >= 11 is 0.